The lowest BCUT2D eigenvalue weighted by Crippen LogP contribution is -1.96. The third-order valence-corrected chi connectivity index (χ3v) is 1.36. The Morgan fingerprint density at radius 3 is 3.00 bits per heavy atom. The van der Waals surface area contributed by atoms with Crippen LogP contribution in [0.1, 0.15) is 7.43 Å². The predicted octanol–water partition coefficient (Wildman–Crippen LogP) is 0.948. The SMILES string of the molecule is C.Nc1ncnn2cccc12. The summed E-state index contributed by atoms with van der Waals surface area (Å²) in [5.41, 5.74) is 6.38. The lowest BCUT2D eigenvalue weighted by Gasteiger charge is -1.93. The van der Waals surface area contributed by atoms with Gasteiger partial charge >= 0.3 is 0 Å². The number of nitrogens with two attached hydrogens (primary N) is 1. The lowest BCUT2D eigenvalue weighted by molar-refractivity contribution is 0.908. The molecule has 2 aromatic rings. The number of hydrogen-bond donors (Lipinski definition) is 1. The normalized spacial score (nSPS) is 9.45. The summed E-state index contributed by atoms with van der Waals surface area (Å²) < 4.78 is 1.68. The van der Waals surface area contributed by atoms with E-state index in [4.69, 9.17) is 5.73 Å². The highest BCUT2D eigenvalue weighted by atomic mass is 15.2. The van der Waals surface area contributed by atoms with Crippen LogP contribution in [0.15, 0.2) is 24.7 Å². The van der Waals surface area contributed by atoms with E-state index in [2.05, 4.69) is 10.1 Å². The monoisotopic (exact) mass is 150 g/mol. The van der Waals surface area contributed by atoms with Crippen LogP contribution in [0.4, 0.5) is 5.82 Å². The number of hydrogen-bond acceptors (Lipinski definition) is 3. The van der Waals surface area contributed by atoms with Crippen molar-refractivity contribution in [2.45, 2.75) is 7.43 Å². The molecule has 11 heavy (non-hydrogen) atoms. The Kier molecular flexibility index (Phi) is 1.76. The summed E-state index contributed by atoms with van der Waals surface area (Å²) in [5.74, 6) is 0.514. The van der Waals surface area contributed by atoms with E-state index in [9.17, 15) is 0 Å². The molecule has 4 heteroatoms. The Hall–Kier alpha value is -1.58. The van der Waals surface area contributed by atoms with Crippen LogP contribution in [-0.2, 0) is 0 Å². The van der Waals surface area contributed by atoms with Gasteiger partial charge < -0.3 is 5.73 Å². The number of nitrogens with zero attached hydrogens (tertiary/aromatic N) is 3. The second kappa shape index (κ2) is 2.57. The van der Waals surface area contributed by atoms with E-state index in [0.717, 1.165) is 5.52 Å². The Labute approximate surface area is 64.7 Å². The fourth-order valence-electron chi connectivity index (χ4n) is 0.886. The minimum atomic E-state index is 0. The zero-order chi connectivity index (χ0) is 6.97. The molecule has 0 spiro atoms. The van der Waals surface area contributed by atoms with Crippen LogP contribution in [-0.4, -0.2) is 14.6 Å². The summed E-state index contributed by atoms with van der Waals surface area (Å²) in [6.07, 6.45) is 3.26. The van der Waals surface area contributed by atoms with Crippen molar-refractivity contribution in [3.05, 3.63) is 24.7 Å². The molecular formula is C7H10N4. The molecule has 0 atom stereocenters. The molecular weight excluding hydrogens is 140 g/mol. The summed E-state index contributed by atoms with van der Waals surface area (Å²) in [7, 11) is 0. The summed E-state index contributed by atoms with van der Waals surface area (Å²) in [5, 5.41) is 3.93. The van der Waals surface area contributed by atoms with Crippen molar-refractivity contribution in [1.82, 2.24) is 14.6 Å². The smallest absolute Gasteiger partial charge is 0.151 e. The maximum atomic E-state index is 5.53. The second-order valence-corrected chi connectivity index (χ2v) is 1.98. The highest BCUT2D eigenvalue weighted by Crippen LogP contribution is 2.06. The fourth-order valence-corrected chi connectivity index (χ4v) is 0.886. The molecule has 0 saturated carbocycles. The molecule has 4 nitrogen and oxygen atoms in total. The summed E-state index contributed by atoms with van der Waals surface area (Å²) in [6, 6.07) is 3.75. The van der Waals surface area contributed by atoms with Crippen molar-refractivity contribution >= 4 is 11.3 Å². The molecule has 0 unspecified atom stereocenters. The maximum absolute atomic E-state index is 5.53. The topological polar surface area (TPSA) is 56.2 Å². The van der Waals surface area contributed by atoms with Crippen LogP contribution >= 0.6 is 0 Å². The Balaban J connectivity index is 0.000000605. The van der Waals surface area contributed by atoms with Crippen LogP contribution in [0.25, 0.3) is 5.52 Å². The summed E-state index contributed by atoms with van der Waals surface area (Å²) in [4.78, 5) is 3.83. The highest BCUT2D eigenvalue weighted by molar-refractivity contribution is 5.63. The molecule has 2 rings (SSSR count). The van der Waals surface area contributed by atoms with E-state index in [0.29, 0.717) is 5.82 Å². The molecule has 0 aliphatic heterocycles. The van der Waals surface area contributed by atoms with E-state index >= 15 is 0 Å². The average molecular weight is 150 g/mol. The first kappa shape index (κ1) is 7.53. The molecule has 0 radical (unpaired) electrons. The maximum Gasteiger partial charge on any atom is 0.151 e. The van der Waals surface area contributed by atoms with Gasteiger partial charge in [0.15, 0.2) is 5.82 Å². The predicted molar refractivity (Wildman–Crippen MR) is 44.1 cm³/mol. The lowest BCUT2D eigenvalue weighted by atomic mass is 10.5. The van der Waals surface area contributed by atoms with E-state index < -0.39 is 0 Å². The van der Waals surface area contributed by atoms with Gasteiger partial charge in [-0.1, -0.05) is 7.43 Å². The van der Waals surface area contributed by atoms with Crippen LogP contribution in [0.2, 0.25) is 0 Å². The third-order valence-electron chi connectivity index (χ3n) is 1.36. The van der Waals surface area contributed by atoms with Gasteiger partial charge in [0, 0.05) is 6.20 Å². The van der Waals surface area contributed by atoms with Gasteiger partial charge in [0.25, 0.3) is 0 Å². The van der Waals surface area contributed by atoms with Crippen LogP contribution in [0.3, 0.4) is 0 Å². The quantitative estimate of drug-likeness (QED) is 0.608. The highest BCUT2D eigenvalue weighted by Gasteiger charge is 1.95. The minimum Gasteiger partial charge on any atom is -0.382 e. The molecule has 0 fully saturated rings. The standard InChI is InChI=1S/C6H6N4.CH4/c7-6-5-2-1-3-10(5)9-4-8-6;/h1-4H,(H2,7,8,9);1H4. The van der Waals surface area contributed by atoms with Crippen LogP contribution in [0, 0.1) is 0 Å². The molecule has 58 valence electrons. The molecule has 0 aliphatic carbocycles. The van der Waals surface area contributed by atoms with Gasteiger partial charge in [-0.3, -0.25) is 0 Å². The van der Waals surface area contributed by atoms with Crippen molar-refractivity contribution in [2.75, 3.05) is 5.73 Å². The number of aromatic nitrogens is 3. The van der Waals surface area contributed by atoms with Crippen molar-refractivity contribution in [3.8, 4) is 0 Å². The van der Waals surface area contributed by atoms with Gasteiger partial charge in [-0.15, -0.1) is 0 Å². The van der Waals surface area contributed by atoms with Crippen LogP contribution < -0.4 is 5.73 Å². The van der Waals surface area contributed by atoms with Crippen LogP contribution in [0.5, 0.6) is 0 Å². The van der Waals surface area contributed by atoms with Gasteiger partial charge in [-0.2, -0.15) is 5.10 Å². The molecule has 0 aliphatic rings. The van der Waals surface area contributed by atoms with E-state index in [1.165, 1.54) is 6.33 Å². The fraction of sp³-hybridized carbons (Fsp3) is 0.143. The van der Waals surface area contributed by atoms with Crippen molar-refractivity contribution in [1.29, 1.82) is 0 Å². The summed E-state index contributed by atoms with van der Waals surface area (Å²) >= 11 is 0. The first-order valence-electron chi connectivity index (χ1n) is 2.92. The first-order chi connectivity index (χ1) is 4.88. The Bertz CT molecular complexity index is 352. The van der Waals surface area contributed by atoms with E-state index in [1.807, 2.05) is 18.3 Å². The van der Waals surface area contributed by atoms with Gasteiger partial charge in [-0.05, 0) is 12.1 Å². The van der Waals surface area contributed by atoms with Gasteiger partial charge in [0.1, 0.15) is 11.8 Å². The summed E-state index contributed by atoms with van der Waals surface area (Å²) in [6.45, 7) is 0. The molecule has 2 heterocycles. The van der Waals surface area contributed by atoms with E-state index in [1.54, 1.807) is 4.52 Å². The van der Waals surface area contributed by atoms with Crippen molar-refractivity contribution in [2.24, 2.45) is 0 Å². The van der Waals surface area contributed by atoms with Gasteiger partial charge in [0.2, 0.25) is 0 Å². The van der Waals surface area contributed by atoms with E-state index in [-0.39, 0.29) is 7.43 Å². The molecule has 0 amide bonds. The van der Waals surface area contributed by atoms with Gasteiger partial charge in [-0.25, -0.2) is 9.50 Å². The zero-order valence-electron chi connectivity index (χ0n) is 5.23. The second-order valence-electron chi connectivity index (χ2n) is 1.98. The Morgan fingerprint density at radius 1 is 1.45 bits per heavy atom. The number of nitrogen functional groups attached to an aromatic ring is 1. The number of anilines is 1. The Morgan fingerprint density at radius 2 is 2.27 bits per heavy atom. The molecule has 0 saturated heterocycles. The zero-order valence-corrected chi connectivity index (χ0v) is 5.23. The molecule has 2 N–H and O–H groups in total. The van der Waals surface area contributed by atoms with Crippen molar-refractivity contribution < 1.29 is 0 Å². The number of rotatable bonds is 0. The molecule has 0 bridgehead atoms. The average Bonchev–Trinajstić information content (AvgIpc) is 2.36. The largest absolute Gasteiger partial charge is 0.382 e. The molecule has 2 aromatic heterocycles. The minimum absolute atomic E-state index is 0. The number of fused-ring (bicyclic) bond motifs is 1. The molecule has 0 aromatic carbocycles. The van der Waals surface area contributed by atoms with Gasteiger partial charge in [0.05, 0.1) is 0 Å². The third kappa shape index (κ3) is 1.02. The first-order valence-corrected chi connectivity index (χ1v) is 2.92. The van der Waals surface area contributed by atoms with Crippen molar-refractivity contribution in [3.63, 3.8) is 0 Å².